The number of carbonyl (C=O) groups is 1. The number of rotatable bonds is 6. The van der Waals surface area contributed by atoms with E-state index in [-0.39, 0.29) is 5.91 Å². The highest BCUT2D eigenvalue weighted by molar-refractivity contribution is 6.05. The van der Waals surface area contributed by atoms with E-state index in [1.54, 1.807) is 38.6 Å². The highest BCUT2D eigenvalue weighted by Gasteiger charge is 2.11. The van der Waals surface area contributed by atoms with E-state index >= 15 is 0 Å². The van der Waals surface area contributed by atoms with Gasteiger partial charge in [-0.05, 0) is 42.8 Å². The minimum atomic E-state index is -0.271. The molecule has 2 N–H and O–H groups in total. The van der Waals surface area contributed by atoms with Crippen molar-refractivity contribution in [1.82, 2.24) is 4.98 Å². The number of amides is 1. The molecule has 0 atom stereocenters. The zero-order valence-corrected chi connectivity index (χ0v) is 15.4. The molecule has 3 rings (SSSR count). The molecule has 1 amide bonds. The average molecular weight is 363 g/mol. The SMILES string of the molecule is COc1ccccc1NC(=O)c1cncc(Nc2cc(C)ccc2OC)c1. The van der Waals surface area contributed by atoms with E-state index in [2.05, 4.69) is 15.6 Å². The van der Waals surface area contributed by atoms with Gasteiger partial charge in [-0.2, -0.15) is 0 Å². The summed E-state index contributed by atoms with van der Waals surface area (Å²) in [5.74, 6) is 1.04. The number of nitrogens with zero attached hydrogens (tertiary/aromatic N) is 1. The topological polar surface area (TPSA) is 72.5 Å². The molecule has 0 saturated heterocycles. The van der Waals surface area contributed by atoms with Crippen molar-refractivity contribution in [3.8, 4) is 11.5 Å². The van der Waals surface area contributed by atoms with Crippen molar-refractivity contribution in [2.24, 2.45) is 0 Å². The Morgan fingerprint density at radius 2 is 1.67 bits per heavy atom. The second-order valence-electron chi connectivity index (χ2n) is 5.95. The molecule has 0 radical (unpaired) electrons. The Labute approximate surface area is 158 Å². The first-order chi connectivity index (χ1) is 13.1. The van der Waals surface area contributed by atoms with Crippen molar-refractivity contribution in [2.45, 2.75) is 6.92 Å². The lowest BCUT2D eigenvalue weighted by Gasteiger charge is -2.13. The number of methoxy groups -OCH3 is 2. The van der Waals surface area contributed by atoms with Gasteiger partial charge >= 0.3 is 0 Å². The van der Waals surface area contributed by atoms with Crippen LogP contribution >= 0.6 is 0 Å². The fraction of sp³-hybridized carbons (Fsp3) is 0.143. The molecule has 1 aromatic heterocycles. The van der Waals surface area contributed by atoms with E-state index in [0.717, 1.165) is 11.3 Å². The lowest BCUT2D eigenvalue weighted by molar-refractivity contribution is 0.102. The van der Waals surface area contributed by atoms with Gasteiger partial charge in [0.05, 0.1) is 43.0 Å². The van der Waals surface area contributed by atoms with Crippen LogP contribution in [0.1, 0.15) is 15.9 Å². The van der Waals surface area contributed by atoms with Gasteiger partial charge in [-0.3, -0.25) is 9.78 Å². The van der Waals surface area contributed by atoms with E-state index in [1.165, 1.54) is 6.20 Å². The molecule has 0 aliphatic heterocycles. The molecule has 6 nitrogen and oxygen atoms in total. The number of aryl methyl sites for hydroxylation is 1. The number of ether oxygens (including phenoxy) is 2. The highest BCUT2D eigenvalue weighted by atomic mass is 16.5. The maximum atomic E-state index is 12.6. The first kappa shape index (κ1) is 18.3. The lowest BCUT2D eigenvalue weighted by Crippen LogP contribution is -2.13. The fourth-order valence-corrected chi connectivity index (χ4v) is 2.65. The predicted molar refractivity (Wildman–Crippen MR) is 106 cm³/mol. The number of pyridine rings is 1. The summed E-state index contributed by atoms with van der Waals surface area (Å²) < 4.78 is 10.6. The number of aromatic nitrogens is 1. The first-order valence-electron chi connectivity index (χ1n) is 8.42. The standard InChI is InChI=1S/C21H21N3O3/c1-14-8-9-20(27-3)18(10-14)23-16-11-15(12-22-13-16)21(25)24-17-6-4-5-7-19(17)26-2/h4-13,23H,1-3H3,(H,24,25). The molecule has 0 aliphatic rings. The van der Waals surface area contributed by atoms with Gasteiger partial charge in [0, 0.05) is 6.20 Å². The number of benzene rings is 2. The summed E-state index contributed by atoms with van der Waals surface area (Å²) in [5, 5.41) is 6.10. The molecule has 0 saturated carbocycles. The lowest BCUT2D eigenvalue weighted by atomic mass is 10.2. The molecular weight excluding hydrogens is 342 g/mol. The van der Waals surface area contributed by atoms with Crippen LogP contribution in [-0.4, -0.2) is 25.1 Å². The number of anilines is 3. The number of hydrogen-bond acceptors (Lipinski definition) is 5. The number of para-hydroxylation sites is 2. The zero-order valence-electron chi connectivity index (χ0n) is 15.4. The molecule has 2 aromatic carbocycles. The first-order valence-corrected chi connectivity index (χ1v) is 8.42. The molecule has 6 heteroatoms. The van der Waals surface area contributed by atoms with Crippen LogP contribution in [0.15, 0.2) is 60.9 Å². The van der Waals surface area contributed by atoms with Gasteiger partial charge < -0.3 is 20.1 Å². The molecule has 3 aromatic rings. The Kier molecular flexibility index (Phi) is 5.56. The second kappa shape index (κ2) is 8.23. The van der Waals surface area contributed by atoms with E-state index in [1.807, 2.05) is 37.3 Å². The Balaban J connectivity index is 1.81. The smallest absolute Gasteiger partial charge is 0.257 e. The monoisotopic (exact) mass is 363 g/mol. The zero-order chi connectivity index (χ0) is 19.2. The minimum absolute atomic E-state index is 0.271. The van der Waals surface area contributed by atoms with Crippen molar-refractivity contribution < 1.29 is 14.3 Å². The third-order valence-electron chi connectivity index (χ3n) is 3.99. The number of hydrogen-bond donors (Lipinski definition) is 2. The van der Waals surface area contributed by atoms with Crippen molar-refractivity contribution >= 4 is 23.0 Å². The van der Waals surface area contributed by atoms with Crippen molar-refractivity contribution in [2.75, 3.05) is 24.9 Å². The van der Waals surface area contributed by atoms with Crippen LogP contribution in [-0.2, 0) is 0 Å². The number of carbonyl (C=O) groups excluding carboxylic acids is 1. The Bertz CT molecular complexity index is 957. The molecule has 1 heterocycles. The summed E-state index contributed by atoms with van der Waals surface area (Å²) in [7, 11) is 3.18. The van der Waals surface area contributed by atoms with Crippen LogP contribution < -0.4 is 20.1 Å². The van der Waals surface area contributed by atoms with Gasteiger partial charge in [0.25, 0.3) is 5.91 Å². The third-order valence-corrected chi connectivity index (χ3v) is 3.99. The van der Waals surface area contributed by atoms with Crippen LogP contribution in [0, 0.1) is 6.92 Å². The minimum Gasteiger partial charge on any atom is -0.495 e. The summed E-state index contributed by atoms with van der Waals surface area (Å²) in [6.07, 6.45) is 3.17. The molecule has 0 spiro atoms. The largest absolute Gasteiger partial charge is 0.495 e. The van der Waals surface area contributed by atoms with Gasteiger partial charge in [0.1, 0.15) is 11.5 Å². The maximum Gasteiger partial charge on any atom is 0.257 e. The summed E-state index contributed by atoms with van der Waals surface area (Å²) in [6.45, 7) is 2.00. The highest BCUT2D eigenvalue weighted by Crippen LogP contribution is 2.29. The normalized spacial score (nSPS) is 10.2. The molecule has 0 aliphatic carbocycles. The predicted octanol–water partition coefficient (Wildman–Crippen LogP) is 4.40. The summed E-state index contributed by atoms with van der Waals surface area (Å²) in [5.41, 5.74) is 3.62. The van der Waals surface area contributed by atoms with E-state index in [9.17, 15) is 4.79 Å². The number of nitrogens with one attached hydrogen (secondary N) is 2. The van der Waals surface area contributed by atoms with Crippen LogP contribution in [0.3, 0.4) is 0 Å². The molecule has 0 unspecified atom stereocenters. The van der Waals surface area contributed by atoms with Gasteiger partial charge in [0.15, 0.2) is 0 Å². The van der Waals surface area contributed by atoms with Crippen LogP contribution in [0.5, 0.6) is 11.5 Å². The van der Waals surface area contributed by atoms with Gasteiger partial charge in [-0.15, -0.1) is 0 Å². The molecule has 0 bridgehead atoms. The van der Waals surface area contributed by atoms with Crippen LogP contribution in [0.2, 0.25) is 0 Å². The van der Waals surface area contributed by atoms with E-state index < -0.39 is 0 Å². The summed E-state index contributed by atoms with van der Waals surface area (Å²) in [4.78, 5) is 16.8. The molecule has 0 fully saturated rings. The van der Waals surface area contributed by atoms with Crippen molar-refractivity contribution in [3.63, 3.8) is 0 Å². The Hall–Kier alpha value is -3.54. The molecule has 27 heavy (non-hydrogen) atoms. The van der Waals surface area contributed by atoms with Crippen LogP contribution in [0.4, 0.5) is 17.1 Å². The maximum absolute atomic E-state index is 12.6. The summed E-state index contributed by atoms with van der Waals surface area (Å²) >= 11 is 0. The van der Waals surface area contributed by atoms with E-state index in [0.29, 0.717) is 28.4 Å². The van der Waals surface area contributed by atoms with Gasteiger partial charge in [-0.1, -0.05) is 18.2 Å². The molecular formula is C21H21N3O3. The second-order valence-corrected chi connectivity index (χ2v) is 5.95. The van der Waals surface area contributed by atoms with Crippen LogP contribution in [0.25, 0.3) is 0 Å². The average Bonchev–Trinajstić information content (AvgIpc) is 2.69. The fourth-order valence-electron chi connectivity index (χ4n) is 2.65. The molecule has 138 valence electrons. The third kappa shape index (κ3) is 4.36. The van der Waals surface area contributed by atoms with Crippen molar-refractivity contribution in [3.05, 3.63) is 72.1 Å². The Morgan fingerprint density at radius 3 is 2.44 bits per heavy atom. The van der Waals surface area contributed by atoms with Crippen molar-refractivity contribution in [1.29, 1.82) is 0 Å². The van der Waals surface area contributed by atoms with Gasteiger partial charge in [-0.25, -0.2) is 0 Å². The quantitative estimate of drug-likeness (QED) is 0.679. The Morgan fingerprint density at radius 1 is 0.926 bits per heavy atom. The van der Waals surface area contributed by atoms with E-state index in [4.69, 9.17) is 9.47 Å². The summed E-state index contributed by atoms with van der Waals surface area (Å²) in [6, 6.07) is 14.8. The van der Waals surface area contributed by atoms with Gasteiger partial charge in [0.2, 0.25) is 0 Å².